The van der Waals surface area contributed by atoms with E-state index in [4.69, 9.17) is 10.5 Å². The molecule has 3 N–H and O–H groups in total. The van der Waals surface area contributed by atoms with Crippen LogP contribution in [-0.2, 0) is 4.74 Å². The summed E-state index contributed by atoms with van der Waals surface area (Å²) in [5.74, 6) is 0. The van der Waals surface area contributed by atoms with E-state index < -0.39 is 18.8 Å². The number of amides is 2. The summed E-state index contributed by atoms with van der Waals surface area (Å²) >= 11 is 0. The molecule has 0 aromatic carbocycles. The minimum atomic E-state index is -4.39. The van der Waals surface area contributed by atoms with Crippen LogP contribution in [0.25, 0.3) is 0 Å². The lowest BCUT2D eigenvalue weighted by molar-refractivity contribution is -0.123. The molecule has 0 aliphatic carbocycles. The highest BCUT2D eigenvalue weighted by Crippen LogP contribution is 2.12. The zero-order valence-corrected chi connectivity index (χ0v) is 8.59. The molecule has 1 atom stereocenters. The van der Waals surface area contributed by atoms with Crippen molar-refractivity contribution in [2.75, 3.05) is 32.8 Å². The summed E-state index contributed by atoms with van der Waals surface area (Å²) in [5, 5.41) is 1.80. The lowest BCUT2D eigenvalue weighted by atomic mass is 10.3. The van der Waals surface area contributed by atoms with Gasteiger partial charge in [0, 0.05) is 19.6 Å². The SMILES string of the molecule is NCC1CN(C(=O)NCC(F)(F)F)CCO1. The third kappa shape index (κ3) is 4.23. The van der Waals surface area contributed by atoms with Crippen molar-refractivity contribution in [3.8, 4) is 0 Å². The molecule has 5 nitrogen and oxygen atoms in total. The molecule has 0 bridgehead atoms. The molecule has 0 aromatic heterocycles. The number of hydrogen-bond acceptors (Lipinski definition) is 3. The second-order valence-corrected chi connectivity index (χ2v) is 3.45. The smallest absolute Gasteiger partial charge is 0.373 e. The average molecular weight is 241 g/mol. The molecule has 0 spiro atoms. The molecular formula is C8H14F3N3O2. The van der Waals surface area contributed by atoms with E-state index in [9.17, 15) is 18.0 Å². The molecule has 0 aromatic rings. The van der Waals surface area contributed by atoms with Gasteiger partial charge in [-0.2, -0.15) is 13.2 Å². The van der Waals surface area contributed by atoms with Crippen molar-refractivity contribution >= 4 is 6.03 Å². The summed E-state index contributed by atoms with van der Waals surface area (Å²) in [5.41, 5.74) is 5.35. The number of halogens is 3. The van der Waals surface area contributed by atoms with E-state index in [1.807, 2.05) is 0 Å². The summed E-state index contributed by atoms with van der Waals surface area (Å²) in [6.45, 7) is -0.290. The summed E-state index contributed by atoms with van der Waals surface area (Å²) in [4.78, 5) is 12.6. The van der Waals surface area contributed by atoms with Crippen molar-refractivity contribution in [2.45, 2.75) is 12.3 Å². The van der Waals surface area contributed by atoms with Gasteiger partial charge in [0.2, 0.25) is 0 Å². The summed E-state index contributed by atoms with van der Waals surface area (Å²) in [7, 11) is 0. The molecule has 8 heteroatoms. The highest BCUT2D eigenvalue weighted by atomic mass is 19.4. The number of morpholine rings is 1. The number of urea groups is 1. The van der Waals surface area contributed by atoms with E-state index in [1.165, 1.54) is 4.90 Å². The normalized spacial score (nSPS) is 22.0. The van der Waals surface area contributed by atoms with Gasteiger partial charge >= 0.3 is 12.2 Å². The number of nitrogens with two attached hydrogens (primary N) is 1. The van der Waals surface area contributed by atoms with Gasteiger partial charge in [-0.1, -0.05) is 0 Å². The number of carbonyl (C=O) groups is 1. The lowest BCUT2D eigenvalue weighted by Gasteiger charge is -2.32. The van der Waals surface area contributed by atoms with Crippen LogP contribution in [0.1, 0.15) is 0 Å². The number of nitrogens with one attached hydrogen (secondary N) is 1. The summed E-state index contributed by atoms with van der Waals surface area (Å²) in [6.07, 6.45) is -4.69. The fraction of sp³-hybridized carbons (Fsp3) is 0.875. The van der Waals surface area contributed by atoms with Crippen molar-refractivity contribution < 1.29 is 22.7 Å². The summed E-state index contributed by atoms with van der Waals surface area (Å²) in [6, 6.07) is -0.737. The molecule has 1 fully saturated rings. The topological polar surface area (TPSA) is 67.6 Å². The first-order chi connectivity index (χ1) is 7.42. The van der Waals surface area contributed by atoms with Gasteiger partial charge in [-0.25, -0.2) is 4.79 Å². The molecule has 1 heterocycles. The Morgan fingerprint density at radius 3 is 2.81 bits per heavy atom. The Hall–Kier alpha value is -1.02. The molecule has 1 rings (SSSR count). The van der Waals surface area contributed by atoms with Crippen LogP contribution in [0.2, 0.25) is 0 Å². The monoisotopic (exact) mass is 241 g/mol. The van der Waals surface area contributed by atoms with Gasteiger partial charge < -0.3 is 20.7 Å². The molecule has 1 saturated heterocycles. The molecule has 0 radical (unpaired) electrons. The third-order valence-electron chi connectivity index (χ3n) is 2.13. The van der Waals surface area contributed by atoms with Gasteiger partial charge in [-0.05, 0) is 0 Å². The lowest BCUT2D eigenvalue weighted by Crippen LogP contribution is -2.52. The van der Waals surface area contributed by atoms with Crippen LogP contribution < -0.4 is 11.1 Å². The van der Waals surface area contributed by atoms with Crippen LogP contribution in [0.15, 0.2) is 0 Å². The van der Waals surface area contributed by atoms with E-state index in [1.54, 1.807) is 5.32 Å². The van der Waals surface area contributed by atoms with Crippen LogP contribution in [-0.4, -0.2) is 56.0 Å². The van der Waals surface area contributed by atoms with Crippen LogP contribution in [0.4, 0.5) is 18.0 Å². The third-order valence-corrected chi connectivity index (χ3v) is 2.13. The van der Waals surface area contributed by atoms with Crippen molar-refractivity contribution in [3.05, 3.63) is 0 Å². The number of rotatable bonds is 2. The largest absolute Gasteiger partial charge is 0.405 e. The Morgan fingerprint density at radius 2 is 2.25 bits per heavy atom. The number of ether oxygens (including phenoxy) is 1. The van der Waals surface area contributed by atoms with E-state index in [-0.39, 0.29) is 25.7 Å². The van der Waals surface area contributed by atoms with Crippen molar-refractivity contribution in [1.82, 2.24) is 10.2 Å². The van der Waals surface area contributed by atoms with E-state index in [0.29, 0.717) is 6.61 Å². The summed E-state index contributed by atoms with van der Waals surface area (Å²) < 4.78 is 40.7. The highest BCUT2D eigenvalue weighted by Gasteiger charge is 2.30. The first-order valence-electron chi connectivity index (χ1n) is 4.83. The molecule has 0 saturated carbocycles. The first kappa shape index (κ1) is 13.0. The molecule has 1 aliphatic heterocycles. The van der Waals surface area contributed by atoms with E-state index >= 15 is 0 Å². The molecule has 1 aliphatic rings. The predicted octanol–water partition coefficient (Wildman–Crippen LogP) is -0.0822. The van der Waals surface area contributed by atoms with Gasteiger partial charge in [-0.3, -0.25) is 0 Å². The second-order valence-electron chi connectivity index (χ2n) is 3.45. The zero-order chi connectivity index (χ0) is 12.2. The van der Waals surface area contributed by atoms with E-state index in [0.717, 1.165) is 0 Å². The second kappa shape index (κ2) is 5.35. The van der Waals surface area contributed by atoms with Gasteiger partial charge in [0.25, 0.3) is 0 Å². The van der Waals surface area contributed by atoms with Crippen molar-refractivity contribution in [3.63, 3.8) is 0 Å². The van der Waals surface area contributed by atoms with Gasteiger partial charge in [0.1, 0.15) is 6.54 Å². The molecule has 1 unspecified atom stereocenters. The van der Waals surface area contributed by atoms with Crippen LogP contribution in [0, 0.1) is 0 Å². The Morgan fingerprint density at radius 1 is 1.56 bits per heavy atom. The van der Waals surface area contributed by atoms with Gasteiger partial charge in [-0.15, -0.1) is 0 Å². The standard InChI is InChI=1S/C8H14F3N3O2/c9-8(10,11)5-13-7(15)14-1-2-16-6(3-12)4-14/h6H,1-5,12H2,(H,13,15). The van der Waals surface area contributed by atoms with Crippen LogP contribution in [0.3, 0.4) is 0 Å². The Labute approximate surface area is 90.7 Å². The van der Waals surface area contributed by atoms with Crippen molar-refractivity contribution in [1.29, 1.82) is 0 Å². The van der Waals surface area contributed by atoms with Crippen LogP contribution in [0.5, 0.6) is 0 Å². The highest BCUT2D eigenvalue weighted by molar-refractivity contribution is 5.74. The zero-order valence-electron chi connectivity index (χ0n) is 8.59. The molecule has 2 amide bonds. The van der Waals surface area contributed by atoms with Crippen LogP contribution >= 0.6 is 0 Å². The average Bonchev–Trinajstić information content (AvgIpc) is 2.25. The number of hydrogen-bond donors (Lipinski definition) is 2. The first-order valence-corrected chi connectivity index (χ1v) is 4.83. The fourth-order valence-electron chi connectivity index (χ4n) is 1.33. The fourth-order valence-corrected chi connectivity index (χ4v) is 1.33. The van der Waals surface area contributed by atoms with E-state index in [2.05, 4.69) is 0 Å². The number of nitrogens with zero attached hydrogens (tertiary/aromatic N) is 1. The Bertz CT molecular complexity index is 247. The predicted molar refractivity (Wildman–Crippen MR) is 49.8 cm³/mol. The van der Waals surface area contributed by atoms with Crippen molar-refractivity contribution in [2.24, 2.45) is 5.73 Å². The van der Waals surface area contributed by atoms with Gasteiger partial charge in [0.15, 0.2) is 0 Å². The Balaban J connectivity index is 2.36. The molecule has 94 valence electrons. The molecular weight excluding hydrogens is 227 g/mol. The maximum Gasteiger partial charge on any atom is 0.405 e. The minimum Gasteiger partial charge on any atom is -0.373 e. The van der Waals surface area contributed by atoms with Gasteiger partial charge in [0.05, 0.1) is 12.7 Å². The minimum absolute atomic E-state index is 0.222. The number of alkyl halides is 3. The Kier molecular flexibility index (Phi) is 4.36. The quantitative estimate of drug-likeness (QED) is 0.710. The molecule has 16 heavy (non-hydrogen) atoms. The maximum atomic E-state index is 11.8. The number of carbonyl (C=O) groups excluding carboxylic acids is 1. The maximum absolute atomic E-state index is 11.8.